The first-order chi connectivity index (χ1) is 9.04. The summed E-state index contributed by atoms with van der Waals surface area (Å²) >= 11 is 0. The first-order valence-electron chi connectivity index (χ1n) is 5.83. The lowest BCUT2D eigenvalue weighted by Gasteiger charge is -2.23. The van der Waals surface area contributed by atoms with Crippen LogP contribution in [0.25, 0.3) is 0 Å². The normalized spacial score (nSPS) is 13.3. The zero-order valence-corrected chi connectivity index (χ0v) is 11.5. The summed E-state index contributed by atoms with van der Waals surface area (Å²) in [4.78, 5) is 22.7. The van der Waals surface area contributed by atoms with Crippen molar-refractivity contribution in [3.63, 3.8) is 0 Å². The van der Waals surface area contributed by atoms with Crippen LogP contribution >= 0.6 is 0 Å². The average Bonchev–Trinajstić information content (AvgIpc) is 2.69. The minimum Gasteiger partial charge on any atom is -0.476 e. The van der Waals surface area contributed by atoms with Crippen molar-refractivity contribution >= 4 is 11.9 Å². The number of carbonyl (C=O) groups excluding carboxylic acids is 1. The molecule has 1 unspecified atom stereocenters. The van der Waals surface area contributed by atoms with Crippen molar-refractivity contribution in [3.05, 3.63) is 11.4 Å². The second-order valence-corrected chi connectivity index (χ2v) is 5.29. The van der Waals surface area contributed by atoms with Gasteiger partial charge in [0.2, 0.25) is 5.91 Å². The van der Waals surface area contributed by atoms with E-state index in [4.69, 9.17) is 5.11 Å². The summed E-state index contributed by atoms with van der Waals surface area (Å²) < 4.78 is 26.5. The van der Waals surface area contributed by atoms with Crippen molar-refractivity contribution in [2.75, 3.05) is 0 Å². The van der Waals surface area contributed by atoms with E-state index in [1.165, 1.54) is 6.92 Å². The number of carboxylic acids is 1. The van der Waals surface area contributed by atoms with E-state index in [0.717, 1.165) is 0 Å². The Morgan fingerprint density at radius 3 is 2.30 bits per heavy atom. The molecule has 0 fully saturated rings. The minimum absolute atomic E-state index is 0.549. The number of aromatic carboxylic acids is 1. The molecule has 2 N–H and O–H groups in total. The summed E-state index contributed by atoms with van der Waals surface area (Å²) in [5.74, 6) is -2.17. The van der Waals surface area contributed by atoms with E-state index in [0.29, 0.717) is 4.68 Å². The van der Waals surface area contributed by atoms with Crippen LogP contribution in [0.1, 0.15) is 56.3 Å². The van der Waals surface area contributed by atoms with Crippen molar-refractivity contribution < 1.29 is 23.5 Å². The number of hydrogen-bond acceptors (Lipinski definition) is 4. The van der Waals surface area contributed by atoms with E-state index in [2.05, 4.69) is 15.6 Å². The maximum absolute atomic E-state index is 12.9. The fourth-order valence-electron chi connectivity index (χ4n) is 1.53. The number of nitrogens with zero attached hydrogens (tertiary/aromatic N) is 3. The van der Waals surface area contributed by atoms with Gasteiger partial charge in [-0.05, 0) is 27.7 Å². The molecule has 7 nitrogen and oxygen atoms in total. The monoisotopic (exact) mass is 290 g/mol. The Kier molecular flexibility index (Phi) is 4.41. The molecule has 0 radical (unpaired) electrons. The number of nitrogens with one attached hydrogen (secondary N) is 1. The Morgan fingerprint density at radius 2 is 1.90 bits per heavy atom. The Labute approximate surface area is 114 Å². The lowest BCUT2D eigenvalue weighted by Crippen LogP contribution is -2.44. The van der Waals surface area contributed by atoms with E-state index < -0.39 is 41.3 Å². The van der Waals surface area contributed by atoms with Gasteiger partial charge in [-0.2, -0.15) is 0 Å². The predicted molar refractivity (Wildman–Crippen MR) is 64.5 cm³/mol. The Bertz CT molecular complexity index is 522. The number of hydrogen-bond donors (Lipinski definition) is 2. The molecular formula is C11H16F2N4O3. The minimum atomic E-state index is -3.10. The summed E-state index contributed by atoms with van der Waals surface area (Å²) in [5, 5.41) is 17.9. The number of amides is 1. The first-order valence-corrected chi connectivity index (χ1v) is 5.83. The Balaban J connectivity index is 3.13. The highest BCUT2D eigenvalue weighted by Crippen LogP contribution is 2.24. The van der Waals surface area contributed by atoms with E-state index in [9.17, 15) is 18.4 Å². The summed E-state index contributed by atoms with van der Waals surface area (Å²) in [5.41, 5.74) is -2.28. The number of aromatic nitrogens is 3. The Hall–Kier alpha value is -2.06. The molecule has 0 spiro atoms. The van der Waals surface area contributed by atoms with Crippen LogP contribution in [0.2, 0.25) is 0 Å². The third kappa shape index (κ3) is 3.49. The fraction of sp³-hybridized carbons (Fsp3) is 0.636. The van der Waals surface area contributed by atoms with Gasteiger partial charge >= 0.3 is 5.97 Å². The van der Waals surface area contributed by atoms with Gasteiger partial charge in [0.05, 0.1) is 0 Å². The standard InChI is InChI=1S/C11H16F2N4O3/c1-5(9(18)14-11(2,3)4)17-7(8(12)13)6(10(19)20)15-16-17/h5,8H,1-4H3,(H,14,18)(H,19,20). The van der Waals surface area contributed by atoms with Crippen molar-refractivity contribution in [3.8, 4) is 0 Å². The Morgan fingerprint density at radius 1 is 1.35 bits per heavy atom. The molecule has 1 heterocycles. The molecule has 1 aromatic heterocycles. The zero-order chi connectivity index (χ0) is 15.7. The number of alkyl halides is 2. The third-order valence-corrected chi connectivity index (χ3v) is 2.38. The largest absolute Gasteiger partial charge is 0.476 e. The average molecular weight is 290 g/mol. The lowest BCUT2D eigenvalue weighted by molar-refractivity contribution is -0.125. The van der Waals surface area contributed by atoms with Gasteiger partial charge in [0.1, 0.15) is 11.7 Å². The fourth-order valence-corrected chi connectivity index (χ4v) is 1.53. The van der Waals surface area contributed by atoms with Crippen molar-refractivity contribution in [2.45, 2.75) is 45.7 Å². The van der Waals surface area contributed by atoms with Crippen molar-refractivity contribution in [1.82, 2.24) is 20.3 Å². The van der Waals surface area contributed by atoms with Gasteiger partial charge in [-0.3, -0.25) is 4.79 Å². The number of carbonyl (C=O) groups is 2. The molecule has 9 heteroatoms. The zero-order valence-electron chi connectivity index (χ0n) is 11.5. The highest BCUT2D eigenvalue weighted by molar-refractivity contribution is 5.87. The molecule has 1 aromatic rings. The van der Waals surface area contributed by atoms with E-state index in [-0.39, 0.29) is 0 Å². The number of rotatable bonds is 4. The highest BCUT2D eigenvalue weighted by atomic mass is 19.3. The maximum Gasteiger partial charge on any atom is 0.358 e. The summed E-state index contributed by atoms with van der Waals surface area (Å²) in [7, 11) is 0. The molecule has 1 atom stereocenters. The molecule has 0 aliphatic carbocycles. The van der Waals surface area contributed by atoms with Gasteiger partial charge < -0.3 is 10.4 Å². The van der Waals surface area contributed by atoms with E-state index in [1.807, 2.05) is 0 Å². The van der Waals surface area contributed by atoms with Crippen LogP contribution in [-0.2, 0) is 4.79 Å². The molecule has 0 saturated heterocycles. The SMILES string of the molecule is CC(C(=O)NC(C)(C)C)n1nnc(C(=O)O)c1C(F)F. The maximum atomic E-state index is 12.9. The third-order valence-electron chi connectivity index (χ3n) is 2.38. The summed E-state index contributed by atoms with van der Waals surface area (Å²) in [6, 6.07) is -1.10. The summed E-state index contributed by atoms with van der Waals surface area (Å²) in [6.07, 6.45) is -3.10. The van der Waals surface area contributed by atoms with Crippen molar-refractivity contribution in [1.29, 1.82) is 0 Å². The second kappa shape index (κ2) is 5.51. The van der Waals surface area contributed by atoms with Gasteiger partial charge in [0.15, 0.2) is 5.69 Å². The summed E-state index contributed by atoms with van der Waals surface area (Å²) in [6.45, 7) is 6.54. The van der Waals surface area contributed by atoms with Crippen LogP contribution in [0, 0.1) is 0 Å². The van der Waals surface area contributed by atoms with E-state index >= 15 is 0 Å². The highest BCUT2D eigenvalue weighted by Gasteiger charge is 2.31. The molecule has 1 rings (SSSR count). The number of carboxylic acid groups (broad SMARTS) is 1. The van der Waals surface area contributed by atoms with Crippen LogP contribution in [0.4, 0.5) is 8.78 Å². The van der Waals surface area contributed by atoms with Gasteiger partial charge in [0, 0.05) is 5.54 Å². The van der Waals surface area contributed by atoms with Gasteiger partial charge in [-0.15, -0.1) is 5.10 Å². The molecule has 0 aromatic carbocycles. The van der Waals surface area contributed by atoms with Gasteiger partial charge in [-0.25, -0.2) is 18.3 Å². The molecule has 20 heavy (non-hydrogen) atoms. The van der Waals surface area contributed by atoms with Gasteiger partial charge in [-0.1, -0.05) is 5.21 Å². The second-order valence-electron chi connectivity index (χ2n) is 5.29. The molecule has 0 aliphatic heterocycles. The quantitative estimate of drug-likeness (QED) is 0.873. The first kappa shape index (κ1) is 16.0. The van der Waals surface area contributed by atoms with E-state index in [1.54, 1.807) is 20.8 Å². The molecule has 0 saturated carbocycles. The molecule has 0 aliphatic rings. The van der Waals surface area contributed by atoms with Crippen LogP contribution < -0.4 is 5.32 Å². The van der Waals surface area contributed by atoms with Crippen LogP contribution in [-0.4, -0.2) is 37.5 Å². The lowest BCUT2D eigenvalue weighted by atomic mass is 10.1. The molecule has 1 amide bonds. The van der Waals surface area contributed by atoms with Crippen LogP contribution in [0.3, 0.4) is 0 Å². The topological polar surface area (TPSA) is 97.1 Å². The smallest absolute Gasteiger partial charge is 0.358 e. The molecular weight excluding hydrogens is 274 g/mol. The molecule has 112 valence electrons. The van der Waals surface area contributed by atoms with Gasteiger partial charge in [0.25, 0.3) is 6.43 Å². The van der Waals surface area contributed by atoms with Crippen LogP contribution in [0.15, 0.2) is 0 Å². The predicted octanol–water partition coefficient (Wildman–Crippen LogP) is 1.39. The molecule has 0 bridgehead atoms. The van der Waals surface area contributed by atoms with Crippen LogP contribution in [0.5, 0.6) is 0 Å². The number of halogens is 2. The van der Waals surface area contributed by atoms with Crippen molar-refractivity contribution in [2.24, 2.45) is 0 Å².